The Morgan fingerprint density at radius 3 is 1.95 bits per heavy atom. The first-order valence-corrected chi connectivity index (χ1v) is 6.73. The zero-order chi connectivity index (χ0) is 15.7. The Bertz CT molecular complexity index is 344. The van der Waals surface area contributed by atoms with Crippen molar-refractivity contribution < 1.29 is 23.9 Å². The van der Waals surface area contributed by atoms with E-state index in [-0.39, 0.29) is 19.1 Å². The fourth-order valence-electron chi connectivity index (χ4n) is 1.42. The molecule has 0 bridgehead atoms. The monoisotopic (exact) mass is 288 g/mol. The second kappa shape index (κ2) is 9.17. The zero-order valence-electron chi connectivity index (χ0n) is 12.7. The van der Waals surface area contributed by atoms with Crippen LogP contribution in [-0.4, -0.2) is 43.3 Å². The van der Waals surface area contributed by atoms with E-state index in [1.807, 2.05) is 0 Å². The lowest BCUT2D eigenvalue weighted by Crippen LogP contribution is -2.52. The summed E-state index contributed by atoms with van der Waals surface area (Å²) in [5.74, 6) is -1.07. The van der Waals surface area contributed by atoms with Gasteiger partial charge in [0.1, 0.15) is 12.1 Å². The number of hydrogen-bond acceptors (Lipinski definition) is 5. The van der Waals surface area contributed by atoms with Gasteiger partial charge in [0.2, 0.25) is 5.91 Å². The normalized spacial score (nSPS) is 13.3. The minimum Gasteiger partial charge on any atom is -0.464 e. The summed E-state index contributed by atoms with van der Waals surface area (Å²) >= 11 is 0. The largest absolute Gasteiger partial charge is 0.464 e. The standard InChI is InChI=1S/C13H24N2O5/c1-6-19-12(17)10(8(3)4)15-11(16)9(5)14-13(18)20-7-2/h8-10H,6-7H2,1-5H3,(H,14,18)(H,15,16). The Morgan fingerprint density at radius 2 is 1.50 bits per heavy atom. The maximum absolute atomic E-state index is 11.9. The number of esters is 1. The molecule has 20 heavy (non-hydrogen) atoms. The van der Waals surface area contributed by atoms with E-state index < -0.39 is 30.1 Å². The first-order chi connectivity index (χ1) is 9.33. The summed E-state index contributed by atoms with van der Waals surface area (Å²) in [6.45, 7) is 8.93. The Kier molecular flexibility index (Phi) is 8.35. The lowest BCUT2D eigenvalue weighted by molar-refractivity contribution is -0.148. The van der Waals surface area contributed by atoms with Crippen LogP contribution in [0.2, 0.25) is 0 Å². The van der Waals surface area contributed by atoms with Crippen LogP contribution in [0, 0.1) is 5.92 Å². The summed E-state index contributed by atoms with van der Waals surface area (Å²) in [4.78, 5) is 34.8. The van der Waals surface area contributed by atoms with E-state index in [2.05, 4.69) is 15.4 Å². The van der Waals surface area contributed by atoms with Gasteiger partial charge in [0.15, 0.2) is 0 Å². The van der Waals surface area contributed by atoms with Gasteiger partial charge in [-0.25, -0.2) is 9.59 Å². The molecule has 0 spiro atoms. The summed E-state index contributed by atoms with van der Waals surface area (Å²) in [7, 11) is 0. The molecule has 2 N–H and O–H groups in total. The molecule has 0 saturated heterocycles. The third-order valence-corrected chi connectivity index (χ3v) is 2.51. The highest BCUT2D eigenvalue weighted by Crippen LogP contribution is 2.04. The number of carbonyl (C=O) groups excluding carboxylic acids is 3. The van der Waals surface area contributed by atoms with Crippen molar-refractivity contribution in [2.45, 2.75) is 46.7 Å². The fraction of sp³-hybridized carbons (Fsp3) is 0.769. The number of alkyl carbamates (subject to hydrolysis) is 1. The van der Waals surface area contributed by atoms with Gasteiger partial charge in [-0.1, -0.05) is 13.8 Å². The van der Waals surface area contributed by atoms with Gasteiger partial charge in [0.25, 0.3) is 0 Å². The van der Waals surface area contributed by atoms with Crippen molar-refractivity contribution in [1.82, 2.24) is 10.6 Å². The Hall–Kier alpha value is -1.79. The lowest BCUT2D eigenvalue weighted by atomic mass is 10.0. The molecule has 0 fully saturated rings. The molecular weight excluding hydrogens is 264 g/mol. The van der Waals surface area contributed by atoms with Crippen molar-refractivity contribution in [1.29, 1.82) is 0 Å². The van der Waals surface area contributed by atoms with Crippen molar-refractivity contribution >= 4 is 18.0 Å². The predicted molar refractivity (Wildman–Crippen MR) is 73.0 cm³/mol. The Morgan fingerprint density at radius 1 is 0.950 bits per heavy atom. The molecule has 7 heteroatoms. The molecule has 0 aliphatic carbocycles. The maximum Gasteiger partial charge on any atom is 0.407 e. The van der Waals surface area contributed by atoms with Crippen LogP contribution in [-0.2, 0) is 19.1 Å². The van der Waals surface area contributed by atoms with E-state index in [1.165, 1.54) is 6.92 Å². The van der Waals surface area contributed by atoms with Gasteiger partial charge in [-0.2, -0.15) is 0 Å². The van der Waals surface area contributed by atoms with E-state index in [4.69, 9.17) is 4.74 Å². The van der Waals surface area contributed by atoms with Gasteiger partial charge in [0.05, 0.1) is 13.2 Å². The molecule has 0 rings (SSSR count). The van der Waals surface area contributed by atoms with Gasteiger partial charge in [-0.3, -0.25) is 4.79 Å². The van der Waals surface area contributed by atoms with E-state index in [1.54, 1.807) is 27.7 Å². The molecule has 0 heterocycles. The van der Waals surface area contributed by atoms with Crippen molar-refractivity contribution in [2.24, 2.45) is 5.92 Å². The molecule has 0 aromatic heterocycles. The minimum absolute atomic E-state index is 0.118. The highest BCUT2D eigenvalue weighted by Gasteiger charge is 2.27. The first-order valence-electron chi connectivity index (χ1n) is 6.73. The van der Waals surface area contributed by atoms with Gasteiger partial charge in [0, 0.05) is 0 Å². The van der Waals surface area contributed by atoms with Crippen LogP contribution in [0.1, 0.15) is 34.6 Å². The summed E-state index contributed by atoms with van der Waals surface area (Å²) in [6, 6.07) is -1.54. The summed E-state index contributed by atoms with van der Waals surface area (Å²) < 4.78 is 9.58. The van der Waals surface area contributed by atoms with E-state index >= 15 is 0 Å². The Labute approximate surface area is 119 Å². The number of hydrogen-bond donors (Lipinski definition) is 2. The van der Waals surface area contributed by atoms with Crippen LogP contribution in [0.4, 0.5) is 4.79 Å². The summed E-state index contributed by atoms with van der Waals surface area (Å²) in [6.07, 6.45) is -0.674. The van der Waals surface area contributed by atoms with Crippen LogP contribution in [0.25, 0.3) is 0 Å². The van der Waals surface area contributed by atoms with E-state index in [0.29, 0.717) is 0 Å². The maximum atomic E-state index is 11.9. The molecule has 0 aliphatic heterocycles. The van der Waals surface area contributed by atoms with Gasteiger partial charge in [-0.15, -0.1) is 0 Å². The highest BCUT2D eigenvalue weighted by molar-refractivity contribution is 5.89. The molecular formula is C13H24N2O5. The first kappa shape index (κ1) is 18.2. The lowest BCUT2D eigenvalue weighted by Gasteiger charge is -2.22. The number of carbonyl (C=O) groups is 3. The van der Waals surface area contributed by atoms with Crippen molar-refractivity contribution in [3.8, 4) is 0 Å². The average Bonchev–Trinajstić information content (AvgIpc) is 2.35. The Balaban J connectivity index is 4.52. The molecule has 2 unspecified atom stereocenters. The molecule has 0 saturated carbocycles. The molecule has 0 aromatic carbocycles. The van der Waals surface area contributed by atoms with Crippen molar-refractivity contribution in [3.05, 3.63) is 0 Å². The van der Waals surface area contributed by atoms with E-state index in [0.717, 1.165) is 0 Å². The summed E-state index contributed by atoms with van der Waals surface area (Å²) in [5, 5.41) is 4.93. The quantitative estimate of drug-likeness (QED) is 0.677. The zero-order valence-corrected chi connectivity index (χ0v) is 12.7. The smallest absolute Gasteiger partial charge is 0.407 e. The number of nitrogens with one attached hydrogen (secondary N) is 2. The molecule has 0 aliphatic rings. The van der Waals surface area contributed by atoms with Crippen molar-refractivity contribution in [2.75, 3.05) is 13.2 Å². The predicted octanol–water partition coefficient (Wildman–Crippen LogP) is 0.825. The van der Waals surface area contributed by atoms with Crippen molar-refractivity contribution in [3.63, 3.8) is 0 Å². The molecule has 116 valence electrons. The fourth-order valence-corrected chi connectivity index (χ4v) is 1.42. The SMILES string of the molecule is CCOC(=O)NC(C)C(=O)NC(C(=O)OCC)C(C)C. The topological polar surface area (TPSA) is 93.7 Å². The van der Waals surface area contributed by atoms with Gasteiger partial charge < -0.3 is 20.1 Å². The highest BCUT2D eigenvalue weighted by atomic mass is 16.5. The molecule has 2 atom stereocenters. The molecule has 7 nitrogen and oxygen atoms in total. The number of rotatable bonds is 7. The minimum atomic E-state index is -0.801. The second-order valence-electron chi connectivity index (χ2n) is 4.57. The van der Waals surface area contributed by atoms with Gasteiger partial charge in [-0.05, 0) is 26.7 Å². The summed E-state index contributed by atoms with van der Waals surface area (Å²) in [5.41, 5.74) is 0. The van der Waals surface area contributed by atoms with Crippen LogP contribution in [0.15, 0.2) is 0 Å². The molecule has 0 aromatic rings. The third kappa shape index (κ3) is 6.40. The van der Waals surface area contributed by atoms with Crippen LogP contribution in [0.3, 0.4) is 0 Å². The van der Waals surface area contributed by atoms with Crippen LogP contribution >= 0.6 is 0 Å². The average molecular weight is 288 g/mol. The third-order valence-electron chi connectivity index (χ3n) is 2.51. The van der Waals surface area contributed by atoms with E-state index in [9.17, 15) is 14.4 Å². The van der Waals surface area contributed by atoms with Gasteiger partial charge >= 0.3 is 12.1 Å². The number of ether oxygens (including phenoxy) is 2. The van der Waals surface area contributed by atoms with Crippen LogP contribution < -0.4 is 10.6 Å². The van der Waals surface area contributed by atoms with Crippen LogP contribution in [0.5, 0.6) is 0 Å². The molecule has 2 amide bonds. The molecule has 0 radical (unpaired) electrons. The second-order valence-corrected chi connectivity index (χ2v) is 4.57. The number of amides is 2.